The van der Waals surface area contributed by atoms with Gasteiger partial charge in [-0.1, -0.05) is 27.2 Å². The Balaban J connectivity index is 2.31. The molecule has 0 spiro atoms. The Morgan fingerprint density at radius 1 is 1.00 bits per heavy atom. The van der Waals surface area contributed by atoms with Crippen molar-refractivity contribution in [2.75, 3.05) is 39.8 Å². The summed E-state index contributed by atoms with van der Waals surface area (Å²) < 4.78 is 0. The van der Waals surface area contributed by atoms with E-state index in [0.29, 0.717) is 0 Å². The molecule has 114 valence electrons. The van der Waals surface area contributed by atoms with Gasteiger partial charge in [-0.3, -0.25) is 0 Å². The van der Waals surface area contributed by atoms with Crippen LogP contribution >= 0.6 is 0 Å². The van der Waals surface area contributed by atoms with Crippen molar-refractivity contribution in [3.8, 4) is 0 Å². The molecule has 1 rings (SSSR count). The first kappa shape index (κ1) is 16.9. The number of nitrogens with one attached hydrogen (secondary N) is 1. The van der Waals surface area contributed by atoms with Gasteiger partial charge >= 0.3 is 0 Å². The summed E-state index contributed by atoms with van der Waals surface area (Å²) in [5.74, 6) is 0. The van der Waals surface area contributed by atoms with Crippen LogP contribution in [-0.4, -0.2) is 61.7 Å². The average molecular weight is 269 g/mol. The fourth-order valence-corrected chi connectivity index (χ4v) is 3.39. The van der Waals surface area contributed by atoms with Gasteiger partial charge in [-0.25, -0.2) is 0 Å². The van der Waals surface area contributed by atoms with Gasteiger partial charge < -0.3 is 15.1 Å². The zero-order chi connectivity index (χ0) is 14.1. The summed E-state index contributed by atoms with van der Waals surface area (Å²) in [6.45, 7) is 13.0. The SMILES string of the molecule is CCN(CC)CCCN(CC)C1CCCC(NC)C1. The molecule has 0 aromatic rings. The summed E-state index contributed by atoms with van der Waals surface area (Å²) in [6, 6.07) is 1.56. The van der Waals surface area contributed by atoms with E-state index in [1.807, 2.05) is 0 Å². The van der Waals surface area contributed by atoms with Crippen LogP contribution in [0.1, 0.15) is 52.9 Å². The van der Waals surface area contributed by atoms with Crippen molar-refractivity contribution < 1.29 is 0 Å². The van der Waals surface area contributed by atoms with Crippen LogP contribution in [0.15, 0.2) is 0 Å². The monoisotopic (exact) mass is 269 g/mol. The first-order valence-corrected chi connectivity index (χ1v) is 8.38. The number of rotatable bonds is 9. The molecule has 1 N–H and O–H groups in total. The lowest BCUT2D eigenvalue weighted by Gasteiger charge is -2.37. The van der Waals surface area contributed by atoms with E-state index in [4.69, 9.17) is 0 Å². The van der Waals surface area contributed by atoms with Gasteiger partial charge in [0.2, 0.25) is 0 Å². The molecule has 3 heteroatoms. The van der Waals surface area contributed by atoms with E-state index in [0.717, 1.165) is 12.1 Å². The van der Waals surface area contributed by atoms with Crippen LogP contribution in [0.4, 0.5) is 0 Å². The van der Waals surface area contributed by atoms with Gasteiger partial charge in [0.1, 0.15) is 0 Å². The Morgan fingerprint density at radius 2 is 1.74 bits per heavy atom. The van der Waals surface area contributed by atoms with Gasteiger partial charge in [0.05, 0.1) is 0 Å². The van der Waals surface area contributed by atoms with E-state index < -0.39 is 0 Å². The number of hydrogen-bond donors (Lipinski definition) is 1. The predicted molar refractivity (Wildman–Crippen MR) is 84.8 cm³/mol. The van der Waals surface area contributed by atoms with Gasteiger partial charge in [-0.15, -0.1) is 0 Å². The van der Waals surface area contributed by atoms with E-state index >= 15 is 0 Å². The first-order valence-electron chi connectivity index (χ1n) is 8.38. The molecule has 2 unspecified atom stereocenters. The summed E-state index contributed by atoms with van der Waals surface area (Å²) in [5.41, 5.74) is 0. The molecule has 0 radical (unpaired) electrons. The van der Waals surface area contributed by atoms with Gasteiger partial charge in [0.25, 0.3) is 0 Å². The third-order valence-electron chi connectivity index (χ3n) is 4.79. The minimum Gasteiger partial charge on any atom is -0.317 e. The van der Waals surface area contributed by atoms with Crippen LogP contribution in [0, 0.1) is 0 Å². The van der Waals surface area contributed by atoms with Crippen LogP contribution in [-0.2, 0) is 0 Å². The third-order valence-corrected chi connectivity index (χ3v) is 4.79. The Kier molecular flexibility index (Phi) is 8.67. The molecule has 0 amide bonds. The Hall–Kier alpha value is -0.120. The molecular formula is C16H35N3. The molecule has 1 aliphatic carbocycles. The fourth-order valence-electron chi connectivity index (χ4n) is 3.39. The minimum atomic E-state index is 0.746. The Morgan fingerprint density at radius 3 is 2.32 bits per heavy atom. The lowest BCUT2D eigenvalue weighted by molar-refractivity contribution is 0.140. The van der Waals surface area contributed by atoms with Crippen LogP contribution in [0.2, 0.25) is 0 Å². The molecule has 0 bridgehead atoms. The van der Waals surface area contributed by atoms with Crippen molar-refractivity contribution in [3.63, 3.8) is 0 Å². The molecule has 19 heavy (non-hydrogen) atoms. The van der Waals surface area contributed by atoms with Gasteiger partial charge in [0, 0.05) is 12.1 Å². The average Bonchev–Trinajstić information content (AvgIpc) is 2.47. The van der Waals surface area contributed by atoms with Gasteiger partial charge in [0.15, 0.2) is 0 Å². The summed E-state index contributed by atoms with van der Waals surface area (Å²) in [6.07, 6.45) is 6.82. The summed E-state index contributed by atoms with van der Waals surface area (Å²) in [5, 5.41) is 3.47. The second-order valence-corrected chi connectivity index (χ2v) is 5.82. The minimum absolute atomic E-state index is 0.746. The Labute approximate surface area is 120 Å². The van der Waals surface area contributed by atoms with Crippen LogP contribution < -0.4 is 5.32 Å². The first-order chi connectivity index (χ1) is 9.24. The fraction of sp³-hybridized carbons (Fsp3) is 1.00. The van der Waals surface area contributed by atoms with Crippen molar-refractivity contribution in [1.29, 1.82) is 0 Å². The van der Waals surface area contributed by atoms with Crippen LogP contribution in [0.3, 0.4) is 0 Å². The maximum absolute atomic E-state index is 3.47. The molecule has 2 atom stereocenters. The largest absolute Gasteiger partial charge is 0.317 e. The molecule has 1 saturated carbocycles. The van der Waals surface area contributed by atoms with E-state index in [9.17, 15) is 0 Å². The molecule has 0 saturated heterocycles. The lowest BCUT2D eigenvalue weighted by Crippen LogP contribution is -2.44. The van der Waals surface area contributed by atoms with E-state index in [-0.39, 0.29) is 0 Å². The zero-order valence-corrected chi connectivity index (χ0v) is 13.6. The number of hydrogen-bond acceptors (Lipinski definition) is 3. The standard InChI is InChI=1S/C16H35N3/c1-5-18(6-2)12-9-13-19(7-3)16-11-8-10-15(14-16)17-4/h15-17H,5-14H2,1-4H3. The molecule has 0 heterocycles. The second-order valence-electron chi connectivity index (χ2n) is 5.82. The quantitative estimate of drug-likeness (QED) is 0.694. The highest BCUT2D eigenvalue weighted by Crippen LogP contribution is 2.23. The molecule has 3 nitrogen and oxygen atoms in total. The second kappa shape index (κ2) is 9.73. The molecular weight excluding hydrogens is 234 g/mol. The maximum atomic E-state index is 3.47. The highest BCUT2D eigenvalue weighted by Gasteiger charge is 2.24. The lowest BCUT2D eigenvalue weighted by atomic mass is 9.90. The molecule has 0 aliphatic heterocycles. The van der Waals surface area contributed by atoms with E-state index in [2.05, 4.69) is 42.9 Å². The normalized spacial score (nSPS) is 24.3. The summed E-state index contributed by atoms with van der Waals surface area (Å²) >= 11 is 0. The van der Waals surface area contributed by atoms with Crippen LogP contribution in [0.5, 0.6) is 0 Å². The van der Waals surface area contributed by atoms with Gasteiger partial charge in [-0.05, 0) is 65.5 Å². The summed E-state index contributed by atoms with van der Waals surface area (Å²) in [7, 11) is 2.11. The van der Waals surface area contributed by atoms with Crippen molar-refractivity contribution in [3.05, 3.63) is 0 Å². The molecule has 1 aliphatic rings. The predicted octanol–water partition coefficient (Wildman–Crippen LogP) is 2.57. The maximum Gasteiger partial charge on any atom is 0.0110 e. The van der Waals surface area contributed by atoms with Crippen molar-refractivity contribution in [2.45, 2.75) is 65.0 Å². The van der Waals surface area contributed by atoms with Gasteiger partial charge in [-0.2, -0.15) is 0 Å². The highest BCUT2D eigenvalue weighted by molar-refractivity contribution is 4.83. The number of nitrogens with zero attached hydrogens (tertiary/aromatic N) is 2. The molecule has 1 fully saturated rings. The Bertz CT molecular complexity index is 216. The van der Waals surface area contributed by atoms with Crippen LogP contribution in [0.25, 0.3) is 0 Å². The third kappa shape index (κ3) is 5.80. The molecule has 0 aromatic carbocycles. The van der Waals surface area contributed by atoms with E-state index in [1.165, 1.54) is 64.8 Å². The molecule has 0 aromatic heterocycles. The summed E-state index contributed by atoms with van der Waals surface area (Å²) in [4.78, 5) is 5.25. The van der Waals surface area contributed by atoms with Crippen molar-refractivity contribution in [2.24, 2.45) is 0 Å². The zero-order valence-electron chi connectivity index (χ0n) is 13.6. The van der Waals surface area contributed by atoms with Crippen molar-refractivity contribution in [1.82, 2.24) is 15.1 Å². The van der Waals surface area contributed by atoms with Crippen molar-refractivity contribution >= 4 is 0 Å². The highest BCUT2D eigenvalue weighted by atomic mass is 15.2. The van der Waals surface area contributed by atoms with E-state index in [1.54, 1.807) is 0 Å². The topological polar surface area (TPSA) is 18.5 Å². The smallest absolute Gasteiger partial charge is 0.0110 e.